The molecular formula is C25H31N5O4S. The molecule has 10 heteroatoms. The van der Waals surface area contributed by atoms with E-state index in [0.29, 0.717) is 36.3 Å². The zero-order valence-corrected chi connectivity index (χ0v) is 20.7. The highest BCUT2D eigenvalue weighted by atomic mass is 32.2. The molecule has 3 aromatic rings. The second-order valence-corrected chi connectivity index (χ2v) is 10.7. The van der Waals surface area contributed by atoms with Crippen LogP contribution in [0.3, 0.4) is 0 Å². The van der Waals surface area contributed by atoms with Crippen LogP contribution in [0.1, 0.15) is 55.2 Å². The molecule has 186 valence electrons. The number of carbonyl (C=O) groups excluding carboxylic acids is 2. The van der Waals surface area contributed by atoms with Gasteiger partial charge in [0.25, 0.3) is 0 Å². The summed E-state index contributed by atoms with van der Waals surface area (Å²) in [5, 5.41) is 2.82. The fraction of sp³-hybridized carbons (Fsp3) is 0.400. The Morgan fingerprint density at radius 2 is 1.80 bits per heavy atom. The number of hydrogen-bond acceptors (Lipinski definition) is 5. The molecule has 1 saturated heterocycles. The highest BCUT2D eigenvalue weighted by molar-refractivity contribution is 7.89. The number of aromatic nitrogens is 2. The number of nitrogens with one attached hydrogen (secondary N) is 1. The smallest absolute Gasteiger partial charge is 0.248 e. The molecule has 0 atom stereocenters. The predicted octanol–water partition coefficient (Wildman–Crippen LogP) is 3.29. The lowest BCUT2D eigenvalue weighted by Crippen LogP contribution is -2.27. The number of unbranched alkanes of at least 4 members (excludes halogenated alkanes) is 1. The van der Waals surface area contributed by atoms with Gasteiger partial charge in [-0.3, -0.25) is 9.59 Å². The maximum atomic E-state index is 13.0. The molecule has 2 heterocycles. The molecule has 3 N–H and O–H groups in total. The number of carbonyl (C=O) groups is 2. The summed E-state index contributed by atoms with van der Waals surface area (Å²) in [5.41, 5.74) is 7.70. The normalized spacial score (nSPS) is 14.4. The first-order valence-corrected chi connectivity index (χ1v) is 13.4. The summed E-state index contributed by atoms with van der Waals surface area (Å²) < 4.78 is 29.6. The minimum Gasteiger partial charge on any atom is -0.366 e. The number of hydrogen-bond donors (Lipinski definition) is 2. The van der Waals surface area contributed by atoms with Crippen LogP contribution in [0.15, 0.2) is 47.4 Å². The first kappa shape index (κ1) is 24.9. The van der Waals surface area contributed by atoms with Gasteiger partial charge in [0.1, 0.15) is 5.82 Å². The van der Waals surface area contributed by atoms with Crippen molar-refractivity contribution in [2.75, 3.05) is 18.4 Å². The van der Waals surface area contributed by atoms with Crippen LogP contribution in [0.2, 0.25) is 0 Å². The van der Waals surface area contributed by atoms with Gasteiger partial charge in [0, 0.05) is 43.7 Å². The molecule has 0 radical (unpaired) electrons. The van der Waals surface area contributed by atoms with Crippen molar-refractivity contribution < 1.29 is 18.0 Å². The molecule has 9 nitrogen and oxygen atoms in total. The first-order chi connectivity index (χ1) is 16.8. The Morgan fingerprint density at radius 3 is 2.46 bits per heavy atom. The van der Waals surface area contributed by atoms with Crippen LogP contribution in [0.5, 0.6) is 0 Å². The molecule has 0 unspecified atom stereocenters. The van der Waals surface area contributed by atoms with Crippen LogP contribution in [0.4, 0.5) is 5.69 Å². The topological polar surface area (TPSA) is 127 Å². The Labute approximate surface area is 205 Å². The van der Waals surface area contributed by atoms with E-state index in [4.69, 9.17) is 10.7 Å². The van der Waals surface area contributed by atoms with Gasteiger partial charge >= 0.3 is 0 Å². The van der Waals surface area contributed by atoms with Crippen molar-refractivity contribution in [3.05, 3.63) is 53.9 Å². The lowest BCUT2D eigenvalue weighted by molar-refractivity contribution is -0.116. The number of imidazole rings is 1. The summed E-state index contributed by atoms with van der Waals surface area (Å²) in [7, 11) is -3.53. The summed E-state index contributed by atoms with van der Waals surface area (Å²) in [4.78, 5) is 28.7. The van der Waals surface area contributed by atoms with Gasteiger partial charge in [-0.2, -0.15) is 4.31 Å². The van der Waals surface area contributed by atoms with Crippen molar-refractivity contribution >= 4 is 38.6 Å². The van der Waals surface area contributed by atoms with Crippen LogP contribution in [0.25, 0.3) is 11.0 Å². The molecule has 35 heavy (non-hydrogen) atoms. The van der Waals surface area contributed by atoms with Crippen LogP contribution in [-0.4, -0.2) is 47.2 Å². The van der Waals surface area contributed by atoms with Crippen molar-refractivity contribution in [1.82, 2.24) is 13.9 Å². The number of sulfonamides is 1. The number of benzene rings is 2. The van der Waals surface area contributed by atoms with Gasteiger partial charge in [-0.25, -0.2) is 13.4 Å². The van der Waals surface area contributed by atoms with Crippen molar-refractivity contribution in [2.45, 2.75) is 56.9 Å². The molecule has 2 aromatic carbocycles. The van der Waals surface area contributed by atoms with Crippen molar-refractivity contribution in [1.29, 1.82) is 0 Å². The molecule has 0 spiro atoms. The predicted molar refractivity (Wildman–Crippen MR) is 135 cm³/mol. The third-order valence-electron chi connectivity index (χ3n) is 6.27. The molecule has 4 rings (SSSR count). The molecule has 2 amide bonds. The molecule has 1 aliphatic rings. The summed E-state index contributed by atoms with van der Waals surface area (Å²) in [5.74, 6) is 0.0527. The number of anilines is 1. The number of primary amides is 1. The van der Waals surface area contributed by atoms with E-state index in [0.717, 1.165) is 43.6 Å². The van der Waals surface area contributed by atoms with Gasteiger partial charge in [-0.1, -0.05) is 13.3 Å². The van der Waals surface area contributed by atoms with E-state index in [1.54, 1.807) is 36.4 Å². The zero-order valence-electron chi connectivity index (χ0n) is 19.9. The monoisotopic (exact) mass is 497 g/mol. The molecule has 0 bridgehead atoms. The maximum absolute atomic E-state index is 13.0. The van der Waals surface area contributed by atoms with E-state index in [1.807, 2.05) is 6.07 Å². The van der Waals surface area contributed by atoms with Crippen molar-refractivity contribution in [2.24, 2.45) is 5.73 Å². The Kier molecular flexibility index (Phi) is 7.51. The molecule has 0 saturated carbocycles. The number of nitrogens with zero attached hydrogens (tertiary/aromatic N) is 3. The SMILES string of the molecule is CCCCn1c(CCC(=O)Nc2ccc(C(N)=O)cc2)nc2cc(S(=O)(=O)N3CCCC3)ccc21. The second-order valence-electron chi connectivity index (χ2n) is 8.78. The lowest BCUT2D eigenvalue weighted by atomic mass is 10.2. The lowest BCUT2D eigenvalue weighted by Gasteiger charge is -2.15. The number of fused-ring (bicyclic) bond motifs is 1. The fourth-order valence-electron chi connectivity index (χ4n) is 4.32. The van der Waals surface area contributed by atoms with Gasteiger partial charge in [0.2, 0.25) is 21.8 Å². The molecule has 1 aliphatic heterocycles. The average Bonchev–Trinajstić information content (AvgIpc) is 3.50. The van der Waals surface area contributed by atoms with Crippen LogP contribution < -0.4 is 11.1 Å². The highest BCUT2D eigenvalue weighted by Crippen LogP contribution is 2.26. The first-order valence-electron chi connectivity index (χ1n) is 12.0. The summed E-state index contributed by atoms with van der Waals surface area (Å²) in [6.07, 6.45) is 4.35. The minimum atomic E-state index is -3.53. The number of amides is 2. The van der Waals surface area contributed by atoms with Crippen molar-refractivity contribution in [3.8, 4) is 0 Å². The summed E-state index contributed by atoms with van der Waals surface area (Å²) >= 11 is 0. The molecule has 0 aliphatic carbocycles. The number of rotatable bonds is 10. The standard InChI is InChI=1S/C25H31N5O4S/c1-2-3-16-30-22-11-10-20(35(33,34)29-14-4-5-15-29)17-21(22)28-23(30)12-13-24(31)27-19-8-6-18(7-9-19)25(26)32/h6-11,17H,2-5,12-16H2,1H3,(H2,26,32)(H,27,31). The third kappa shape index (κ3) is 5.54. The third-order valence-corrected chi connectivity index (χ3v) is 8.16. The van der Waals surface area contributed by atoms with Gasteiger partial charge in [-0.15, -0.1) is 0 Å². The van der Waals surface area contributed by atoms with Gasteiger partial charge in [0.05, 0.1) is 15.9 Å². The van der Waals surface area contributed by atoms with E-state index in [-0.39, 0.29) is 17.2 Å². The summed E-state index contributed by atoms with van der Waals surface area (Å²) in [6, 6.07) is 11.5. The zero-order chi connectivity index (χ0) is 25.0. The van der Waals surface area contributed by atoms with Crippen LogP contribution >= 0.6 is 0 Å². The van der Waals surface area contributed by atoms with Crippen LogP contribution in [0, 0.1) is 0 Å². The van der Waals surface area contributed by atoms with Gasteiger partial charge in [-0.05, 0) is 61.7 Å². The Balaban J connectivity index is 1.52. The number of nitrogens with two attached hydrogens (primary N) is 1. The maximum Gasteiger partial charge on any atom is 0.248 e. The van der Waals surface area contributed by atoms with E-state index in [9.17, 15) is 18.0 Å². The number of aryl methyl sites for hydroxylation is 2. The molecule has 1 aromatic heterocycles. The van der Waals surface area contributed by atoms with Gasteiger partial charge < -0.3 is 15.6 Å². The van der Waals surface area contributed by atoms with Gasteiger partial charge in [0.15, 0.2) is 0 Å². The quantitative estimate of drug-likeness (QED) is 0.444. The summed E-state index contributed by atoms with van der Waals surface area (Å²) in [6.45, 7) is 3.96. The Hall–Kier alpha value is -3.24. The van der Waals surface area contributed by atoms with Crippen LogP contribution in [-0.2, 0) is 27.8 Å². The van der Waals surface area contributed by atoms with E-state index < -0.39 is 15.9 Å². The fourth-order valence-corrected chi connectivity index (χ4v) is 5.86. The van der Waals surface area contributed by atoms with E-state index in [2.05, 4.69) is 16.8 Å². The Bertz CT molecular complexity index is 1330. The Morgan fingerprint density at radius 1 is 1.09 bits per heavy atom. The van der Waals surface area contributed by atoms with E-state index in [1.165, 1.54) is 4.31 Å². The molecule has 1 fully saturated rings. The highest BCUT2D eigenvalue weighted by Gasteiger charge is 2.28. The van der Waals surface area contributed by atoms with Crippen molar-refractivity contribution in [3.63, 3.8) is 0 Å². The minimum absolute atomic E-state index is 0.178. The van der Waals surface area contributed by atoms with E-state index >= 15 is 0 Å². The second kappa shape index (κ2) is 10.6. The largest absolute Gasteiger partial charge is 0.366 e. The molecular weight excluding hydrogens is 466 g/mol. The average molecular weight is 498 g/mol.